The van der Waals surface area contributed by atoms with Crippen LogP contribution >= 0.6 is 11.6 Å². The fourth-order valence-corrected chi connectivity index (χ4v) is 3.07. The van der Waals surface area contributed by atoms with E-state index in [1.165, 1.54) is 0 Å². The van der Waals surface area contributed by atoms with E-state index in [0.717, 1.165) is 44.0 Å². The fraction of sp³-hybridized carbons (Fsp3) is 0.533. The Morgan fingerprint density at radius 2 is 2.00 bits per heavy atom. The smallest absolute Gasteiger partial charge is 0.264 e. The summed E-state index contributed by atoms with van der Waals surface area (Å²) < 4.78 is 5.77. The number of hydrogen-bond donors (Lipinski definition) is 0. The summed E-state index contributed by atoms with van der Waals surface area (Å²) in [5.74, 6) is 1.62. The van der Waals surface area contributed by atoms with Crippen LogP contribution in [0.1, 0.15) is 5.56 Å². The van der Waals surface area contributed by atoms with Crippen molar-refractivity contribution in [3.05, 3.63) is 29.8 Å². The highest BCUT2D eigenvalue weighted by Crippen LogP contribution is 2.29. The maximum Gasteiger partial charge on any atom is 0.264 e. The Morgan fingerprint density at radius 1 is 1.25 bits per heavy atom. The third kappa shape index (κ3) is 2.76. The summed E-state index contributed by atoms with van der Waals surface area (Å²) in [6.07, 6.45) is 0.351. The van der Waals surface area contributed by atoms with Crippen LogP contribution < -0.4 is 4.74 Å². The van der Waals surface area contributed by atoms with E-state index in [9.17, 15) is 4.79 Å². The minimum Gasteiger partial charge on any atom is -0.480 e. The Morgan fingerprint density at radius 3 is 2.70 bits per heavy atom. The molecule has 1 amide bonds. The standard InChI is InChI=1S/C15H19ClN2O2/c16-5-6-17-7-9-18(10-8-17)15(19)14-11-12-3-1-2-4-13(12)20-14/h1-4,14H,5-11H2. The second kappa shape index (κ2) is 6.02. The number of piperazine rings is 1. The molecule has 0 N–H and O–H groups in total. The van der Waals surface area contributed by atoms with Crippen molar-refractivity contribution in [3.8, 4) is 5.75 Å². The second-order valence-corrected chi connectivity index (χ2v) is 5.65. The number of carbonyl (C=O) groups excluding carboxylic acids is 1. The van der Waals surface area contributed by atoms with Gasteiger partial charge in [0.05, 0.1) is 0 Å². The summed E-state index contributed by atoms with van der Waals surface area (Å²) in [7, 11) is 0. The van der Waals surface area contributed by atoms with Crippen LogP contribution in [0.15, 0.2) is 24.3 Å². The molecule has 3 rings (SSSR count). The van der Waals surface area contributed by atoms with Crippen LogP contribution in [-0.4, -0.2) is 60.4 Å². The lowest BCUT2D eigenvalue weighted by atomic mass is 10.1. The van der Waals surface area contributed by atoms with Crippen LogP contribution in [0.3, 0.4) is 0 Å². The topological polar surface area (TPSA) is 32.8 Å². The molecular formula is C15H19ClN2O2. The SMILES string of the molecule is O=C(C1Cc2ccccc2O1)N1CCN(CCCl)CC1. The molecule has 2 aliphatic heterocycles. The van der Waals surface area contributed by atoms with Gasteiger partial charge in [0.1, 0.15) is 5.75 Å². The predicted octanol–water partition coefficient (Wildman–Crippen LogP) is 1.37. The van der Waals surface area contributed by atoms with Gasteiger partial charge in [-0.05, 0) is 11.6 Å². The molecule has 1 saturated heterocycles. The fourth-order valence-electron chi connectivity index (χ4n) is 2.83. The number of carbonyl (C=O) groups is 1. The lowest BCUT2D eigenvalue weighted by Crippen LogP contribution is -2.52. The van der Waals surface area contributed by atoms with E-state index in [-0.39, 0.29) is 12.0 Å². The summed E-state index contributed by atoms with van der Waals surface area (Å²) >= 11 is 5.75. The van der Waals surface area contributed by atoms with Gasteiger partial charge in [0.25, 0.3) is 5.91 Å². The molecule has 0 aliphatic carbocycles. The summed E-state index contributed by atoms with van der Waals surface area (Å²) in [6.45, 7) is 4.24. The van der Waals surface area contributed by atoms with Crippen LogP contribution in [0, 0.1) is 0 Å². The van der Waals surface area contributed by atoms with Crippen molar-refractivity contribution in [2.24, 2.45) is 0 Å². The van der Waals surface area contributed by atoms with Crippen LogP contribution in [0.4, 0.5) is 0 Å². The molecule has 0 spiro atoms. The molecule has 2 aliphatic rings. The van der Waals surface area contributed by atoms with Gasteiger partial charge < -0.3 is 9.64 Å². The van der Waals surface area contributed by atoms with E-state index in [1.54, 1.807) is 0 Å². The van der Waals surface area contributed by atoms with Crippen molar-refractivity contribution in [2.45, 2.75) is 12.5 Å². The highest BCUT2D eigenvalue weighted by Gasteiger charge is 2.33. The Kier molecular flexibility index (Phi) is 4.13. The van der Waals surface area contributed by atoms with Gasteiger partial charge in [0.15, 0.2) is 6.10 Å². The first-order valence-electron chi connectivity index (χ1n) is 7.09. The summed E-state index contributed by atoms with van der Waals surface area (Å²) in [5, 5.41) is 0. The average molecular weight is 295 g/mol. The molecule has 1 atom stereocenters. The van der Waals surface area contributed by atoms with Gasteiger partial charge in [-0.1, -0.05) is 18.2 Å². The van der Waals surface area contributed by atoms with Crippen molar-refractivity contribution in [1.82, 2.24) is 9.80 Å². The first-order valence-corrected chi connectivity index (χ1v) is 7.63. The first-order chi connectivity index (χ1) is 9.78. The number of ether oxygens (including phenoxy) is 1. The first kappa shape index (κ1) is 13.7. The van der Waals surface area contributed by atoms with Crippen molar-refractivity contribution >= 4 is 17.5 Å². The van der Waals surface area contributed by atoms with E-state index in [2.05, 4.69) is 4.90 Å². The number of rotatable bonds is 3. The summed E-state index contributed by atoms with van der Waals surface area (Å²) in [6, 6.07) is 7.89. The highest BCUT2D eigenvalue weighted by atomic mass is 35.5. The number of fused-ring (bicyclic) bond motifs is 1. The van der Waals surface area contributed by atoms with Crippen molar-refractivity contribution in [2.75, 3.05) is 38.6 Å². The predicted molar refractivity (Wildman–Crippen MR) is 78.3 cm³/mol. The number of nitrogens with zero attached hydrogens (tertiary/aromatic N) is 2. The van der Waals surface area contributed by atoms with Gasteiger partial charge in [-0.3, -0.25) is 9.69 Å². The van der Waals surface area contributed by atoms with Crippen LogP contribution in [0.2, 0.25) is 0 Å². The van der Waals surface area contributed by atoms with E-state index in [0.29, 0.717) is 12.3 Å². The van der Waals surface area contributed by atoms with Gasteiger partial charge in [0.2, 0.25) is 0 Å². The molecule has 108 valence electrons. The van der Waals surface area contributed by atoms with E-state index in [4.69, 9.17) is 16.3 Å². The minimum atomic E-state index is -0.341. The molecule has 1 aromatic rings. The maximum atomic E-state index is 12.5. The van der Waals surface area contributed by atoms with Crippen LogP contribution in [0.5, 0.6) is 5.75 Å². The molecule has 0 radical (unpaired) electrons. The summed E-state index contributed by atoms with van der Waals surface area (Å²) in [4.78, 5) is 16.7. The lowest BCUT2D eigenvalue weighted by molar-refractivity contribution is -0.139. The average Bonchev–Trinajstić information content (AvgIpc) is 2.91. The quantitative estimate of drug-likeness (QED) is 0.790. The molecular weight excluding hydrogens is 276 g/mol. The Balaban J connectivity index is 1.56. The van der Waals surface area contributed by atoms with Gasteiger partial charge >= 0.3 is 0 Å². The Hall–Kier alpha value is -1.26. The number of halogens is 1. The van der Waals surface area contributed by atoms with E-state index >= 15 is 0 Å². The van der Waals surface area contributed by atoms with E-state index < -0.39 is 0 Å². The molecule has 4 nitrogen and oxygen atoms in total. The number of amides is 1. The van der Waals surface area contributed by atoms with Crippen molar-refractivity contribution in [3.63, 3.8) is 0 Å². The number of para-hydroxylation sites is 1. The van der Waals surface area contributed by atoms with Crippen molar-refractivity contribution < 1.29 is 9.53 Å². The molecule has 0 aromatic heterocycles. The molecule has 0 bridgehead atoms. The van der Waals surface area contributed by atoms with Crippen LogP contribution in [-0.2, 0) is 11.2 Å². The third-order valence-electron chi connectivity index (χ3n) is 4.01. The van der Waals surface area contributed by atoms with Gasteiger partial charge in [-0.25, -0.2) is 0 Å². The number of benzene rings is 1. The number of alkyl halides is 1. The molecule has 0 saturated carbocycles. The molecule has 2 heterocycles. The highest BCUT2D eigenvalue weighted by molar-refractivity contribution is 6.18. The molecule has 1 aromatic carbocycles. The van der Waals surface area contributed by atoms with E-state index in [1.807, 2.05) is 29.2 Å². The van der Waals surface area contributed by atoms with Gasteiger partial charge in [0, 0.05) is 45.0 Å². The monoisotopic (exact) mass is 294 g/mol. The van der Waals surface area contributed by atoms with Crippen LogP contribution in [0.25, 0.3) is 0 Å². The van der Waals surface area contributed by atoms with Crippen molar-refractivity contribution in [1.29, 1.82) is 0 Å². The van der Waals surface area contributed by atoms with Gasteiger partial charge in [-0.15, -0.1) is 11.6 Å². The zero-order chi connectivity index (χ0) is 13.9. The molecule has 5 heteroatoms. The van der Waals surface area contributed by atoms with Gasteiger partial charge in [-0.2, -0.15) is 0 Å². The summed E-state index contributed by atoms with van der Waals surface area (Å²) in [5.41, 5.74) is 1.13. The third-order valence-corrected chi connectivity index (χ3v) is 4.18. The zero-order valence-corrected chi connectivity index (χ0v) is 12.2. The maximum absolute atomic E-state index is 12.5. The largest absolute Gasteiger partial charge is 0.480 e. The molecule has 1 unspecified atom stereocenters. The Labute approximate surface area is 124 Å². The molecule has 20 heavy (non-hydrogen) atoms. The zero-order valence-electron chi connectivity index (χ0n) is 11.4. The second-order valence-electron chi connectivity index (χ2n) is 5.27. The number of hydrogen-bond acceptors (Lipinski definition) is 3. The molecule has 1 fully saturated rings. The normalized spacial score (nSPS) is 22.4. The minimum absolute atomic E-state index is 0.117. The Bertz CT molecular complexity index is 462. The lowest BCUT2D eigenvalue weighted by Gasteiger charge is -2.35.